The number of ether oxygens (including phenoxy) is 1. The number of benzene rings is 1. The average Bonchev–Trinajstić information content (AvgIpc) is 2.75. The van der Waals surface area contributed by atoms with Crippen molar-refractivity contribution in [3.05, 3.63) is 58.9 Å². The van der Waals surface area contributed by atoms with Gasteiger partial charge in [-0.2, -0.15) is 0 Å². The number of aromatic nitrogens is 1. The average molecular weight is 378 g/mol. The lowest BCUT2D eigenvalue weighted by Gasteiger charge is -2.32. The van der Waals surface area contributed by atoms with Crippen LogP contribution < -0.4 is 10.1 Å². The Labute approximate surface area is 163 Å². The van der Waals surface area contributed by atoms with Crippen LogP contribution in [-0.2, 0) is 4.79 Å². The monoisotopic (exact) mass is 378 g/mol. The number of carbonyl (C=O) groups excluding carboxylic acids is 2. The number of fused-ring (bicyclic) bond motifs is 1. The van der Waals surface area contributed by atoms with E-state index in [4.69, 9.17) is 4.74 Å². The molecule has 1 amide bonds. The van der Waals surface area contributed by atoms with E-state index in [0.717, 1.165) is 5.56 Å². The van der Waals surface area contributed by atoms with Crippen molar-refractivity contribution in [3.63, 3.8) is 0 Å². The Morgan fingerprint density at radius 3 is 2.71 bits per heavy atom. The van der Waals surface area contributed by atoms with Gasteiger partial charge in [-0.05, 0) is 36.1 Å². The first-order valence-corrected chi connectivity index (χ1v) is 9.20. The first kappa shape index (κ1) is 18.4. The molecule has 28 heavy (non-hydrogen) atoms. The molecule has 4 rings (SSSR count). The summed E-state index contributed by atoms with van der Waals surface area (Å²) in [4.78, 5) is 30.1. The summed E-state index contributed by atoms with van der Waals surface area (Å²) >= 11 is 0. The zero-order valence-electron chi connectivity index (χ0n) is 16.1. The number of nitrogens with zero attached hydrogens (tertiary/aromatic N) is 1. The van der Waals surface area contributed by atoms with E-state index in [-0.39, 0.29) is 33.9 Å². The molecule has 1 aliphatic carbocycles. The SMILES string of the molecule is COc1cccc(-c2ccc3c(n2)C(O)C2=C(CC(C)(C)CC2=O)NC3=O)c1. The number of hydrogen-bond acceptors (Lipinski definition) is 5. The van der Waals surface area contributed by atoms with Gasteiger partial charge in [0, 0.05) is 23.3 Å². The van der Waals surface area contributed by atoms with E-state index >= 15 is 0 Å². The minimum Gasteiger partial charge on any atom is -0.497 e. The summed E-state index contributed by atoms with van der Waals surface area (Å²) in [6.45, 7) is 3.95. The zero-order chi connectivity index (χ0) is 20.1. The van der Waals surface area contributed by atoms with Crippen molar-refractivity contribution >= 4 is 11.7 Å². The van der Waals surface area contributed by atoms with Gasteiger partial charge in [0.15, 0.2) is 5.78 Å². The Balaban J connectivity index is 1.83. The summed E-state index contributed by atoms with van der Waals surface area (Å²) in [6, 6.07) is 10.8. The van der Waals surface area contributed by atoms with Crippen LogP contribution in [0.3, 0.4) is 0 Å². The van der Waals surface area contributed by atoms with Crippen molar-refractivity contribution < 1.29 is 19.4 Å². The molecule has 0 bridgehead atoms. The largest absolute Gasteiger partial charge is 0.497 e. The van der Waals surface area contributed by atoms with Gasteiger partial charge in [-0.15, -0.1) is 0 Å². The van der Waals surface area contributed by atoms with Crippen molar-refractivity contribution in [2.45, 2.75) is 32.8 Å². The molecule has 6 nitrogen and oxygen atoms in total. The zero-order valence-corrected chi connectivity index (χ0v) is 16.1. The first-order chi connectivity index (χ1) is 13.3. The van der Waals surface area contributed by atoms with E-state index in [1.165, 1.54) is 0 Å². The molecular formula is C22H22N2O4. The third-order valence-corrected chi connectivity index (χ3v) is 5.25. The minimum absolute atomic E-state index is 0.152. The number of aliphatic hydroxyl groups is 1. The number of methoxy groups -OCH3 is 1. The molecule has 0 fully saturated rings. The molecule has 1 aromatic carbocycles. The Bertz CT molecular complexity index is 1020. The summed E-state index contributed by atoms with van der Waals surface area (Å²) in [5.41, 5.74) is 2.36. The number of hydrogen-bond donors (Lipinski definition) is 2. The van der Waals surface area contributed by atoms with Gasteiger partial charge in [-0.1, -0.05) is 26.0 Å². The van der Waals surface area contributed by atoms with Crippen molar-refractivity contribution in [2.75, 3.05) is 7.11 Å². The lowest BCUT2D eigenvalue weighted by molar-refractivity contribution is -0.119. The smallest absolute Gasteiger partial charge is 0.257 e. The Hall–Kier alpha value is -2.99. The number of aliphatic hydroxyl groups excluding tert-OH is 1. The Morgan fingerprint density at radius 2 is 1.96 bits per heavy atom. The van der Waals surface area contributed by atoms with Crippen LogP contribution in [0.25, 0.3) is 11.3 Å². The second kappa shape index (κ2) is 6.56. The van der Waals surface area contributed by atoms with Gasteiger partial charge in [0.2, 0.25) is 0 Å². The van der Waals surface area contributed by atoms with Gasteiger partial charge >= 0.3 is 0 Å². The van der Waals surface area contributed by atoms with E-state index in [0.29, 0.717) is 30.0 Å². The number of allylic oxidation sites excluding steroid dienone is 1. The number of Topliss-reactive ketones (excluding diaryl/α,β-unsaturated/α-hetero) is 1. The molecule has 0 saturated carbocycles. The van der Waals surface area contributed by atoms with E-state index in [2.05, 4.69) is 10.3 Å². The van der Waals surface area contributed by atoms with Gasteiger partial charge < -0.3 is 15.2 Å². The highest BCUT2D eigenvalue weighted by atomic mass is 16.5. The standard InChI is InChI=1S/C22H22N2O4/c1-22(2)10-16-18(17(25)11-22)20(26)19-14(21(27)24-16)7-8-15(23-19)12-5-4-6-13(9-12)28-3/h4-9,20,26H,10-11H2,1-3H3,(H,24,27). The molecule has 1 atom stereocenters. The van der Waals surface area contributed by atoms with Crippen molar-refractivity contribution in [3.8, 4) is 17.0 Å². The fourth-order valence-electron chi connectivity index (χ4n) is 3.92. The van der Waals surface area contributed by atoms with E-state index in [1.54, 1.807) is 19.2 Å². The maximum atomic E-state index is 12.7. The maximum absolute atomic E-state index is 12.7. The van der Waals surface area contributed by atoms with E-state index < -0.39 is 6.10 Å². The van der Waals surface area contributed by atoms with E-state index in [1.807, 2.05) is 38.1 Å². The van der Waals surface area contributed by atoms with Crippen molar-refractivity contribution in [1.29, 1.82) is 0 Å². The maximum Gasteiger partial charge on any atom is 0.257 e. The van der Waals surface area contributed by atoms with Gasteiger partial charge in [0.1, 0.15) is 11.9 Å². The highest BCUT2D eigenvalue weighted by molar-refractivity contribution is 6.04. The van der Waals surface area contributed by atoms with Gasteiger partial charge in [-0.25, -0.2) is 4.98 Å². The van der Waals surface area contributed by atoms with Crippen LogP contribution in [-0.4, -0.2) is 28.9 Å². The molecular weight excluding hydrogens is 356 g/mol. The number of nitrogens with one attached hydrogen (secondary N) is 1. The molecule has 2 aromatic rings. The van der Waals surface area contributed by atoms with Crippen LogP contribution in [0.4, 0.5) is 0 Å². The number of rotatable bonds is 2. The summed E-state index contributed by atoms with van der Waals surface area (Å²) in [5, 5.41) is 13.8. The first-order valence-electron chi connectivity index (χ1n) is 9.20. The molecule has 1 unspecified atom stereocenters. The number of amides is 1. The van der Waals surface area contributed by atoms with Crippen LogP contribution in [0.15, 0.2) is 47.7 Å². The highest BCUT2D eigenvalue weighted by Gasteiger charge is 2.40. The molecule has 0 radical (unpaired) electrons. The second-order valence-corrected chi connectivity index (χ2v) is 8.05. The molecule has 0 saturated heterocycles. The number of pyridine rings is 1. The summed E-state index contributed by atoms with van der Waals surface area (Å²) < 4.78 is 5.26. The quantitative estimate of drug-likeness (QED) is 0.838. The van der Waals surface area contributed by atoms with Crippen LogP contribution in [0.1, 0.15) is 48.8 Å². The molecule has 2 aliphatic rings. The van der Waals surface area contributed by atoms with Crippen LogP contribution in [0.2, 0.25) is 0 Å². The number of carbonyl (C=O) groups is 2. The van der Waals surface area contributed by atoms with Crippen LogP contribution in [0.5, 0.6) is 5.75 Å². The summed E-state index contributed by atoms with van der Waals surface area (Å²) in [6.07, 6.45) is -0.393. The fourth-order valence-corrected chi connectivity index (χ4v) is 3.92. The highest BCUT2D eigenvalue weighted by Crippen LogP contribution is 2.42. The molecule has 2 N–H and O–H groups in total. The van der Waals surface area contributed by atoms with Crippen molar-refractivity contribution in [1.82, 2.24) is 10.3 Å². The second-order valence-electron chi connectivity index (χ2n) is 8.05. The third kappa shape index (κ3) is 3.10. The topological polar surface area (TPSA) is 88.5 Å². The fraction of sp³-hybridized carbons (Fsp3) is 0.318. The van der Waals surface area contributed by atoms with Gasteiger partial charge in [0.25, 0.3) is 5.91 Å². The molecule has 0 spiro atoms. The summed E-state index contributed by atoms with van der Waals surface area (Å²) in [5.74, 6) is 0.178. The lowest BCUT2D eigenvalue weighted by Crippen LogP contribution is -2.33. The van der Waals surface area contributed by atoms with Gasteiger partial charge in [0.05, 0.1) is 24.1 Å². The van der Waals surface area contributed by atoms with Gasteiger partial charge in [-0.3, -0.25) is 9.59 Å². The van der Waals surface area contributed by atoms with Crippen molar-refractivity contribution in [2.24, 2.45) is 5.41 Å². The number of ketones is 1. The Morgan fingerprint density at radius 1 is 1.18 bits per heavy atom. The lowest BCUT2D eigenvalue weighted by atomic mass is 9.74. The van der Waals surface area contributed by atoms with Crippen LogP contribution in [0, 0.1) is 5.41 Å². The molecule has 1 aromatic heterocycles. The predicted molar refractivity (Wildman–Crippen MR) is 104 cm³/mol. The normalized spacial score (nSPS) is 20.8. The third-order valence-electron chi connectivity index (χ3n) is 5.25. The van der Waals surface area contributed by atoms with E-state index in [9.17, 15) is 14.7 Å². The molecule has 2 heterocycles. The Kier molecular flexibility index (Phi) is 4.31. The molecule has 1 aliphatic heterocycles. The summed E-state index contributed by atoms with van der Waals surface area (Å²) in [7, 11) is 1.59. The minimum atomic E-state index is -1.24. The molecule has 144 valence electrons. The molecule has 6 heteroatoms. The predicted octanol–water partition coefficient (Wildman–Crippen LogP) is 3.18. The van der Waals surface area contributed by atoms with Crippen LogP contribution >= 0.6 is 0 Å².